The Morgan fingerprint density at radius 1 is 1.00 bits per heavy atom. The molecule has 0 fully saturated rings. The fourth-order valence-corrected chi connectivity index (χ4v) is 3.30. The van der Waals surface area contributed by atoms with Crippen molar-refractivity contribution in [2.24, 2.45) is 0 Å². The van der Waals surface area contributed by atoms with Crippen LogP contribution in [0.1, 0.15) is 20.9 Å². The second-order valence-corrected chi connectivity index (χ2v) is 6.57. The smallest absolute Gasteiger partial charge is 0.261 e. The lowest BCUT2D eigenvalue weighted by Gasteiger charge is -2.09. The maximum absolute atomic E-state index is 12.5. The lowest BCUT2D eigenvalue weighted by atomic mass is 10.1. The van der Waals surface area contributed by atoms with Gasteiger partial charge in [0.15, 0.2) is 0 Å². The first-order valence-corrected chi connectivity index (χ1v) is 8.94. The van der Waals surface area contributed by atoms with Gasteiger partial charge in [-0.1, -0.05) is 29.5 Å². The molecule has 0 aliphatic carbocycles. The van der Waals surface area contributed by atoms with E-state index in [-0.39, 0.29) is 5.91 Å². The summed E-state index contributed by atoms with van der Waals surface area (Å²) in [6.45, 7) is 0. The van der Waals surface area contributed by atoms with Crippen molar-refractivity contribution in [3.63, 3.8) is 0 Å². The molecule has 7 nitrogen and oxygen atoms in total. The number of hydrogen-bond acceptors (Lipinski definition) is 7. The number of rotatable bonds is 7. The van der Waals surface area contributed by atoms with Gasteiger partial charge in [-0.2, -0.15) is 0 Å². The molecule has 0 saturated carbocycles. The quantitative estimate of drug-likeness (QED) is 0.671. The number of nitrogens with zero attached hydrogens (tertiary/aromatic N) is 2. The molecule has 0 spiro atoms. The lowest BCUT2D eigenvalue weighted by molar-refractivity contribution is 0.102. The molecule has 27 heavy (non-hydrogen) atoms. The van der Waals surface area contributed by atoms with Crippen LogP contribution in [0.5, 0.6) is 17.2 Å². The number of nitrogens with one attached hydrogen (secondary N) is 1. The second kappa shape index (κ2) is 8.50. The van der Waals surface area contributed by atoms with E-state index in [1.165, 1.54) is 18.4 Å². The molecule has 0 saturated heterocycles. The molecular formula is C19H19N3O4S. The van der Waals surface area contributed by atoms with E-state index < -0.39 is 0 Å². The highest BCUT2D eigenvalue weighted by molar-refractivity contribution is 7.15. The van der Waals surface area contributed by atoms with E-state index in [4.69, 9.17) is 14.2 Å². The number of aromatic nitrogens is 2. The Balaban J connectivity index is 1.73. The lowest BCUT2D eigenvalue weighted by Crippen LogP contribution is -2.13. The standard InChI is InChI=1S/C19H19N3O4S/c1-24-13-8-9-14(16(11-13)26-3)18(23)20-19-22-21-17(27-19)10-12-6-4-5-7-15(12)25-2/h4-9,11H,10H2,1-3H3,(H,20,22,23). The van der Waals surface area contributed by atoms with Crippen LogP contribution in [0.2, 0.25) is 0 Å². The van der Waals surface area contributed by atoms with Crippen molar-refractivity contribution in [1.29, 1.82) is 0 Å². The molecule has 0 aliphatic rings. The van der Waals surface area contributed by atoms with Crippen molar-refractivity contribution < 1.29 is 19.0 Å². The van der Waals surface area contributed by atoms with Gasteiger partial charge in [0.05, 0.1) is 26.9 Å². The Kier molecular flexibility index (Phi) is 5.87. The van der Waals surface area contributed by atoms with Gasteiger partial charge in [0, 0.05) is 18.1 Å². The first kappa shape index (κ1) is 18.7. The highest BCUT2D eigenvalue weighted by atomic mass is 32.1. The fraction of sp³-hybridized carbons (Fsp3) is 0.211. The molecule has 1 N–H and O–H groups in total. The first-order chi connectivity index (χ1) is 13.1. The van der Waals surface area contributed by atoms with Gasteiger partial charge in [0.2, 0.25) is 5.13 Å². The third-order valence-corrected chi connectivity index (χ3v) is 4.71. The number of ether oxygens (including phenoxy) is 3. The molecule has 3 aromatic rings. The Bertz CT molecular complexity index is 942. The molecule has 140 valence electrons. The number of carbonyl (C=O) groups excluding carboxylic acids is 1. The number of para-hydroxylation sites is 1. The second-order valence-electron chi connectivity index (χ2n) is 5.51. The van der Waals surface area contributed by atoms with Crippen LogP contribution < -0.4 is 19.5 Å². The van der Waals surface area contributed by atoms with E-state index in [1.807, 2.05) is 24.3 Å². The van der Waals surface area contributed by atoms with Gasteiger partial charge < -0.3 is 14.2 Å². The van der Waals surface area contributed by atoms with Gasteiger partial charge >= 0.3 is 0 Å². The van der Waals surface area contributed by atoms with Crippen LogP contribution in [0.15, 0.2) is 42.5 Å². The molecule has 0 bridgehead atoms. The maximum atomic E-state index is 12.5. The summed E-state index contributed by atoms with van der Waals surface area (Å²) in [7, 11) is 4.69. The van der Waals surface area contributed by atoms with E-state index in [0.29, 0.717) is 28.6 Å². The molecule has 0 aliphatic heterocycles. The Morgan fingerprint density at radius 3 is 2.52 bits per heavy atom. The van der Waals surface area contributed by atoms with E-state index >= 15 is 0 Å². The van der Waals surface area contributed by atoms with E-state index in [1.54, 1.807) is 32.4 Å². The van der Waals surface area contributed by atoms with E-state index in [0.717, 1.165) is 16.3 Å². The van der Waals surface area contributed by atoms with Gasteiger partial charge in [-0.25, -0.2) is 0 Å². The number of carbonyl (C=O) groups is 1. The SMILES string of the molecule is COc1ccc(C(=O)Nc2nnc(Cc3ccccc3OC)s2)c(OC)c1. The molecule has 0 unspecified atom stereocenters. The number of anilines is 1. The van der Waals surface area contributed by atoms with Crippen LogP contribution in [0, 0.1) is 0 Å². The van der Waals surface area contributed by atoms with Gasteiger partial charge in [0.1, 0.15) is 22.3 Å². The average Bonchev–Trinajstić information content (AvgIpc) is 3.14. The van der Waals surface area contributed by atoms with Crippen molar-refractivity contribution in [3.05, 3.63) is 58.6 Å². The zero-order chi connectivity index (χ0) is 19.2. The van der Waals surface area contributed by atoms with Crippen molar-refractivity contribution in [2.45, 2.75) is 6.42 Å². The normalized spacial score (nSPS) is 10.3. The Labute approximate surface area is 160 Å². The molecule has 1 aromatic heterocycles. The Hall–Kier alpha value is -3.13. The molecule has 1 amide bonds. The van der Waals surface area contributed by atoms with Gasteiger partial charge in [0.25, 0.3) is 5.91 Å². The minimum Gasteiger partial charge on any atom is -0.497 e. The molecule has 2 aromatic carbocycles. The zero-order valence-corrected chi connectivity index (χ0v) is 16.0. The summed E-state index contributed by atoms with van der Waals surface area (Å²) in [4.78, 5) is 12.5. The van der Waals surface area contributed by atoms with Crippen molar-refractivity contribution in [2.75, 3.05) is 26.6 Å². The van der Waals surface area contributed by atoms with Crippen LogP contribution in [0.25, 0.3) is 0 Å². The van der Waals surface area contributed by atoms with E-state index in [9.17, 15) is 4.79 Å². The Morgan fingerprint density at radius 2 is 1.78 bits per heavy atom. The number of hydrogen-bond donors (Lipinski definition) is 1. The van der Waals surface area contributed by atoms with Crippen LogP contribution in [0.4, 0.5) is 5.13 Å². The van der Waals surface area contributed by atoms with E-state index in [2.05, 4.69) is 15.5 Å². The molecular weight excluding hydrogens is 366 g/mol. The van der Waals surface area contributed by atoms with Crippen LogP contribution in [-0.4, -0.2) is 37.4 Å². The number of benzene rings is 2. The van der Waals surface area contributed by atoms with Crippen LogP contribution >= 0.6 is 11.3 Å². The summed E-state index contributed by atoms with van der Waals surface area (Å²) in [5, 5.41) is 12.2. The van der Waals surface area contributed by atoms with Gasteiger partial charge in [-0.15, -0.1) is 10.2 Å². The highest BCUT2D eigenvalue weighted by Gasteiger charge is 2.16. The third-order valence-electron chi connectivity index (χ3n) is 3.87. The van der Waals surface area contributed by atoms with Gasteiger partial charge in [-0.3, -0.25) is 10.1 Å². The zero-order valence-electron chi connectivity index (χ0n) is 15.2. The number of methoxy groups -OCH3 is 3. The fourth-order valence-electron chi connectivity index (χ4n) is 2.54. The first-order valence-electron chi connectivity index (χ1n) is 8.12. The van der Waals surface area contributed by atoms with Crippen LogP contribution in [-0.2, 0) is 6.42 Å². The molecule has 0 radical (unpaired) electrons. The predicted molar refractivity (Wildman–Crippen MR) is 103 cm³/mol. The summed E-state index contributed by atoms with van der Waals surface area (Å²) in [5.74, 6) is 1.50. The van der Waals surface area contributed by atoms with Crippen LogP contribution in [0.3, 0.4) is 0 Å². The predicted octanol–water partition coefficient (Wildman–Crippen LogP) is 3.41. The van der Waals surface area contributed by atoms with Crippen molar-refractivity contribution >= 4 is 22.4 Å². The van der Waals surface area contributed by atoms with Gasteiger partial charge in [-0.05, 0) is 18.2 Å². The van der Waals surface area contributed by atoms with Crippen molar-refractivity contribution in [1.82, 2.24) is 10.2 Å². The largest absolute Gasteiger partial charge is 0.497 e. The summed E-state index contributed by atoms with van der Waals surface area (Å²) in [6, 6.07) is 12.7. The minimum atomic E-state index is -0.325. The molecule has 3 rings (SSSR count). The summed E-state index contributed by atoms with van der Waals surface area (Å²) in [5.41, 5.74) is 1.39. The number of amides is 1. The molecule has 8 heteroatoms. The molecule has 1 heterocycles. The average molecular weight is 385 g/mol. The van der Waals surface area contributed by atoms with Crippen molar-refractivity contribution in [3.8, 4) is 17.2 Å². The maximum Gasteiger partial charge on any atom is 0.261 e. The topological polar surface area (TPSA) is 82.6 Å². The third kappa shape index (κ3) is 4.35. The highest BCUT2D eigenvalue weighted by Crippen LogP contribution is 2.27. The molecule has 0 atom stereocenters. The monoisotopic (exact) mass is 385 g/mol. The summed E-state index contributed by atoms with van der Waals surface area (Å²) < 4.78 is 15.8. The summed E-state index contributed by atoms with van der Waals surface area (Å²) >= 11 is 1.32. The summed E-state index contributed by atoms with van der Waals surface area (Å²) in [6.07, 6.45) is 0.573. The minimum absolute atomic E-state index is 0.325.